The number of allylic oxidation sites excluding steroid dienone is 2. The number of piperidine rings is 1. The van der Waals surface area contributed by atoms with Gasteiger partial charge in [-0.3, -0.25) is 0 Å². The molecule has 3 aliphatic rings. The van der Waals surface area contributed by atoms with Crippen molar-refractivity contribution in [3.63, 3.8) is 0 Å². The third-order valence-corrected chi connectivity index (χ3v) is 5.96. The van der Waals surface area contributed by atoms with Crippen molar-refractivity contribution in [2.45, 2.75) is 31.7 Å². The first-order valence-electron chi connectivity index (χ1n) is 9.11. The van der Waals surface area contributed by atoms with Crippen LogP contribution in [0.2, 0.25) is 0 Å². The van der Waals surface area contributed by atoms with Crippen LogP contribution >= 0.6 is 0 Å². The van der Waals surface area contributed by atoms with Crippen molar-refractivity contribution in [3.8, 4) is 5.75 Å². The van der Waals surface area contributed by atoms with Crippen LogP contribution in [0, 0.1) is 17.8 Å². The van der Waals surface area contributed by atoms with Gasteiger partial charge in [0.25, 0.3) is 0 Å². The van der Waals surface area contributed by atoms with Gasteiger partial charge in [0.1, 0.15) is 5.75 Å². The predicted molar refractivity (Wildman–Crippen MR) is 94.9 cm³/mol. The number of rotatable bonds is 5. The minimum absolute atomic E-state index is 0.611. The molecule has 0 aromatic heterocycles. The molecule has 1 saturated carbocycles. The summed E-state index contributed by atoms with van der Waals surface area (Å²) in [5, 5.41) is 3.68. The summed E-state index contributed by atoms with van der Waals surface area (Å²) in [5.74, 6) is 3.64. The molecule has 1 aromatic rings. The summed E-state index contributed by atoms with van der Waals surface area (Å²) in [6.45, 7) is 3.80. The first-order valence-corrected chi connectivity index (χ1v) is 9.11. The molecule has 0 radical (unpaired) electrons. The lowest BCUT2D eigenvalue weighted by Crippen LogP contribution is -2.41. The Morgan fingerprint density at radius 1 is 1.09 bits per heavy atom. The van der Waals surface area contributed by atoms with E-state index in [1.165, 1.54) is 51.0 Å². The zero-order chi connectivity index (χ0) is 15.6. The summed E-state index contributed by atoms with van der Waals surface area (Å²) < 4.78 is 5.22. The first-order chi connectivity index (χ1) is 11.3. The van der Waals surface area contributed by atoms with Gasteiger partial charge in [-0.05, 0) is 67.7 Å². The Morgan fingerprint density at radius 2 is 1.87 bits per heavy atom. The van der Waals surface area contributed by atoms with E-state index >= 15 is 0 Å². The Labute approximate surface area is 139 Å². The zero-order valence-corrected chi connectivity index (χ0v) is 14.1. The molecule has 1 aliphatic heterocycles. The van der Waals surface area contributed by atoms with E-state index in [1.807, 2.05) is 12.1 Å². The zero-order valence-electron chi connectivity index (χ0n) is 14.1. The third kappa shape index (κ3) is 3.40. The van der Waals surface area contributed by atoms with Gasteiger partial charge in [0, 0.05) is 31.4 Å². The van der Waals surface area contributed by atoms with Crippen LogP contribution in [0.5, 0.6) is 5.75 Å². The van der Waals surface area contributed by atoms with Gasteiger partial charge in [-0.1, -0.05) is 12.2 Å². The van der Waals surface area contributed by atoms with Crippen LogP contribution in [0.4, 0.5) is 5.69 Å². The highest BCUT2D eigenvalue weighted by atomic mass is 16.5. The standard InChI is InChI=1S/C20H28N2O/c1-23-20-6-4-18(5-7-20)21-19-8-10-22(11-9-19)14-17-13-15-2-3-16(17)12-15/h2-7,15-17,19,21H,8-14H2,1H3. The number of likely N-dealkylation sites (tertiary alicyclic amines) is 1. The fourth-order valence-electron chi connectivity index (χ4n) is 4.62. The first kappa shape index (κ1) is 15.1. The Kier molecular flexibility index (Phi) is 4.30. The van der Waals surface area contributed by atoms with Crippen LogP contribution in [0.1, 0.15) is 25.7 Å². The molecule has 0 spiro atoms. The van der Waals surface area contributed by atoms with E-state index in [1.54, 1.807) is 7.11 Å². The molecular weight excluding hydrogens is 284 g/mol. The fourth-order valence-corrected chi connectivity index (χ4v) is 4.62. The van der Waals surface area contributed by atoms with Crippen LogP contribution in [0.3, 0.4) is 0 Å². The van der Waals surface area contributed by atoms with Gasteiger partial charge >= 0.3 is 0 Å². The van der Waals surface area contributed by atoms with Crippen LogP contribution in [-0.4, -0.2) is 37.7 Å². The summed E-state index contributed by atoms with van der Waals surface area (Å²) in [7, 11) is 1.71. The molecule has 3 unspecified atom stereocenters. The number of hydrogen-bond acceptors (Lipinski definition) is 3. The smallest absolute Gasteiger partial charge is 0.119 e. The molecule has 1 heterocycles. The van der Waals surface area contributed by atoms with E-state index in [9.17, 15) is 0 Å². The highest BCUT2D eigenvalue weighted by molar-refractivity contribution is 5.47. The van der Waals surface area contributed by atoms with Crippen molar-refractivity contribution < 1.29 is 4.74 Å². The van der Waals surface area contributed by atoms with Crippen molar-refractivity contribution in [3.05, 3.63) is 36.4 Å². The summed E-state index contributed by atoms with van der Waals surface area (Å²) >= 11 is 0. The molecular formula is C20H28N2O. The largest absolute Gasteiger partial charge is 0.497 e. The number of methoxy groups -OCH3 is 1. The molecule has 3 atom stereocenters. The number of hydrogen-bond donors (Lipinski definition) is 1. The van der Waals surface area contributed by atoms with E-state index < -0.39 is 0 Å². The third-order valence-electron chi connectivity index (χ3n) is 5.96. The molecule has 3 nitrogen and oxygen atoms in total. The van der Waals surface area contributed by atoms with Crippen LogP contribution < -0.4 is 10.1 Å². The highest BCUT2D eigenvalue weighted by Gasteiger charge is 2.36. The predicted octanol–water partition coefficient (Wildman–Crippen LogP) is 3.78. The van der Waals surface area contributed by atoms with Gasteiger partial charge in [0.15, 0.2) is 0 Å². The average molecular weight is 312 g/mol. The maximum atomic E-state index is 5.22. The highest BCUT2D eigenvalue weighted by Crippen LogP contribution is 2.43. The fraction of sp³-hybridized carbons (Fsp3) is 0.600. The second-order valence-electron chi connectivity index (χ2n) is 7.49. The molecule has 124 valence electrons. The monoisotopic (exact) mass is 312 g/mol. The van der Waals surface area contributed by atoms with E-state index in [0.29, 0.717) is 6.04 Å². The maximum Gasteiger partial charge on any atom is 0.119 e. The SMILES string of the molecule is COc1ccc(NC2CCN(CC3CC4C=CC3C4)CC2)cc1. The van der Waals surface area contributed by atoms with Gasteiger partial charge in [-0.25, -0.2) is 0 Å². The number of nitrogens with one attached hydrogen (secondary N) is 1. The van der Waals surface area contributed by atoms with Gasteiger partial charge in [0.2, 0.25) is 0 Å². The number of fused-ring (bicyclic) bond motifs is 2. The molecule has 1 N–H and O–H groups in total. The molecule has 2 bridgehead atoms. The minimum Gasteiger partial charge on any atom is -0.497 e. The van der Waals surface area contributed by atoms with Crippen molar-refractivity contribution in [2.24, 2.45) is 17.8 Å². The molecule has 2 aliphatic carbocycles. The molecule has 0 amide bonds. The summed E-state index contributed by atoms with van der Waals surface area (Å²) in [6, 6.07) is 8.90. The van der Waals surface area contributed by atoms with Gasteiger partial charge < -0.3 is 15.0 Å². The molecule has 1 aromatic carbocycles. The molecule has 1 saturated heterocycles. The van der Waals surface area contributed by atoms with Crippen molar-refractivity contribution >= 4 is 5.69 Å². The number of anilines is 1. The average Bonchev–Trinajstić information content (AvgIpc) is 3.20. The minimum atomic E-state index is 0.611. The normalized spacial score (nSPS) is 30.7. The van der Waals surface area contributed by atoms with Crippen molar-refractivity contribution in [2.75, 3.05) is 32.1 Å². The maximum absolute atomic E-state index is 5.22. The second-order valence-corrected chi connectivity index (χ2v) is 7.49. The van der Waals surface area contributed by atoms with Crippen LogP contribution in [0.15, 0.2) is 36.4 Å². The lowest BCUT2D eigenvalue weighted by molar-refractivity contribution is 0.177. The van der Waals surface area contributed by atoms with Gasteiger partial charge in [0.05, 0.1) is 7.11 Å². The lowest BCUT2D eigenvalue weighted by Gasteiger charge is -2.35. The molecule has 2 fully saturated rings. The van der Waals surface area contributed by atoms with E-state index in [0.717, 1.165) is 23.5 Å². The Morgan fingerprint density at radius 3 is 2.48 bits per heavy atom. The number of nitrogens with zero attached hydrogens (tertiary/aromatic N) is 1. The molecule has 3 heteroatoms. The van der Waals surface area contributed by atoms with Crippen LogP contribution in [-0.2, 0) is 0 Å². The Hall–Kier alpha value is -1.48. The van der Waals surface area contributed by atoms with Gasteiger partial charge in [-0.2, -0.15) is 0 Å². The van der Waals surface area contributed by atoms with E-state index in [4.69, 9.17) is 4.74 Å². The van der Waals surface area contributed by atoms with E-state index in [-0.39, 0.29) is 0 Å². The summed E-state index contributed by atoms with van der Waals surface area (Å²) in [5.41, 5.74) is 1.21. The van der Waals surface area contributed by atoms with Gasteiger partial charge in [-0.15, -0.1) is 0 Å². The Balaban J connectivity index is 1.23. The summed E-state index contributed by atoms with van der Waals surface area (Å²) in [6.07, 6.45) is 10.3. The molecule has 4 rings (SSSR count). The summed E-state index contributed by atoms with van der Waals surface area (Å²) in [4.78, 5) is 2.70. The van der Waals surface area contributed by atoms with E-state index in [2.05, 4.69) is 34.5 Å². The lowest BCUT2D eigenvalue weighted by atomic mass is 9.92. The number of benzene rings is 1. The quantitative estimate of drug-likeness (QED) is 0.837. The van der Waals surface area contributed by atoms with Crippen molar-refractivity contribution in [1.82, 2.24) is 4.90 Å². The Bertz CT molecular complexity index is 545. The molecule has 23 heavy (non-hydrogen) atoms. The van der Waals surface area contributed by atoms with Crippen LogP contribution in [0.25, 0.3) is 0 Å². The van der Waals surface area contributed by atoms with Crippen molar-refractivity contribution in [1.29, 1.82) is 0 Å². The second kappa shape index (κ2) is 6.56. The number of ether oxygens (including phenoxy) is 1. The topological polar surface area (TPSA) is 24.5 Å².